The van der Waals surface area contributed by atoms with Gasteiger partial charge in [-0.15, -0.1) is 10.2 Å². The third kappa shape index (κ3) is 5.30. The van der Waals surface area contributed by atoms with Gasteiger partial charge in [-0.25, -0.2) is 17.8 Å². The van der Waals surface area contributed by atoms with Crippen LogP contribution in [0.25, 0.3) is 0 Å². The Morgan fingerprint density at radius 2 is 1.74 bits per heavy atom. The van der Waals surface area contributed by atoms with E-state index >= 15 is 0 Å². The number of alkyl halides is 3. The molecular formula is C21H17F5N4O3S. The lowest BCUT2D eigenvalue weighted by molar-refractivity contribution is -0.142. The number of halogens is 5. The Hall–Kier alpha value is -3.61. The second-order valence-corrected chi connectivity index (χ2v) is 9.47. The largest absolute Gasteiger partial charge is 0.437 e. The molecule has 0 spiro atoms. The number of carbonyl (C=O) groups excluding carboxylic acids is 1. The highest BCUT2D eigenvalue weighted by Gasteiger charge is 2.38. The van der Waals surface area contributed by atoms with Crippen molar-refractivity contribution in [2.45, 2.75) is 24.9 Å². The Morgan fingerprint density at radius 3 is 2.35 bits per heavy atom. The van der Waals surface area contributed by atoms with Crippen molar-refractivity contribution in [3.63, 3.8) is 0 Å². The summed E-state index contributed by atoms with van der Waals surface area (Å²) in [6.07, 6.45) is -3.78. The molecule has 0 bridgehead atoms. The lowest BCUT2D eigenvalue weighted by Crippen LogP contribution is -2.21. The average Bonchev–Trinajstić information content (AvgIpc) is 2.70. The molecule has 1 amide bonds. The van der Waals surface area contributed by atoms with E-state index in [-0.39, 0.29) is 21.9 Å². The van der Waals surface area contributed by atoms with Crippen LogP contribution < -0.4 is 10.1 Å². The van der Waals surface area contributed by atoms with E-state index in [1.807, 2.05) is 0 Å². The van der Waals surface area contributed by atoms with Crippen LogP contribution in [0.5, 0.6) is 11.6 Å². The van der Waals surface area contributed by atoms with Gasteiger partial charge in [-0.3, -0.25) is 4.79 Å². The van der Waals surface area contributed by atoms with Gasteiger partial charge in [-0.2, -0.15) is 13.2 Å². The Balaban J connectivity index is 2.10. The van der Waals surface area contributed by atoms with Gasteiger partial charge in [0.15, 0.2) is 17.3 Å². The number of anilines is 1. The van der Waals surface area contributed by atoms with E-state index in [2.05, 4.69) is 15.5 Å². The van der Waals surface area contributed by atoms with Gasteiger partial charge in [0, 0.05) is 22.9 Å². The molecule has 1 atom stereocenters. The van der Waals surface area contributed by atoms with E-state index in [0.717, 1.165) is 19.2 Å². The molecule has 0 saturated heterocycles. The van der Waals surface area contributed by atoms with Crippen molar-refractivity contribution in [2.75, 3.05) is 11.6 Å². The van der Waals surface area contributed by atoms with Crippen molar-refractivity contribution in [1.29, 1.82) is 4.78 Å². The van der Waals surface area contributed by atoms with Crippen LogP contribution in [-0.2, 0) is 15.9 Å². The molecule has 180 valence electrons. The maximum atomic E-state index is 13.7. The molecule has 3 aromatic rings. The van der Waals surface area contributed by atoms with Crippen LogP contribution in [0.15, 0.2) is 41.3 Å². The number of hydrogen-bond acceptors (Lipinski definition) is 6. The number of rotatable bonds is 5. The molecule has 0 aliphatic rings. The molecular weight excluding hydrogens is 483 g/mol. The summed E-state index contributed by atoms with van der Waals surface area (Å²) in [5, 5.41) is 8.82. The van der Waals surface area contributed by atoms with Gasteiger partial charge in [-0.05, 0) is 49.2 Å². The highest BCUT2D eigenvalue weighted by molar-refractivity contribution is 7.91. The van der Waals surface area contributed by atoms with Gasteiger partial charge >= 0.3 is 6.18 Å². The zero-order chi connectivity index (χ0) is 25.4. The van der Waals surface area contributed by atoms with Crippen LogP contribution in [0.2, 0.25) is 0 Å². The summed E-state index contributed by atoms with van der Waals surface area (Å²) in [4.78, 5) is 13.1. The van der Waals surface area contributed by atoms with Crippen molar-refractivity contribution >= 4 is 21.3 Å². The van der Waals surface area contributed by atoms with Crippen LogP contribution in [0.1, 0.15) is 27.2 Å². The fraction of sp³-hybridized carbons (Fsp3) is 0.190. The summed E-state index contributed by atoms with van der Waals surface area (Å²) in [6.45, 7) is 2.34. The quantitative estimate of drug-likeness (QED) is 0.452. The second-order valence-electron chi connectivity index (χ2n) is 7.31. The molecule has 1 heterocycles. The van der Waals surface area contributed by atoms with E-state index in [0.29, 0.717) is 6.07 Å². The molecule has 2 aromatic carbocycles. The van der Waals surface area contributed by atoms with Crippen LogP contribution in [0, 0.1) is 30.3 Å². The topological polar surface area (TPSA) is 105 Å². The van der Waals surface area contributed by atoms with Crippen molar-refractivity contribution in [3.05, 3.63) is 70.4 Å². The number of nitrogens with one attached hydrogen (secondary N) is 2. The molecule has 0 radical (unpaired) electrons. The Labute approximate surface area is 190 Å². The fourth-order valence-electron chi connectivity index (χ4n) is 2.96. The minimum Gasteiger partial charge on any atom is -0.437 e. The van der Waals surface area contributed by atoms with Crippen molar-refractivity contribution < 1.29 is 35.7 Å². The van der Waals surface area contributed by atoms with Crippen molar-refractivity contribution in [2.24, 2.45) is 0 Å². The maximum absolute atomic E-state index is 13.7. The average molecular weight is 500 g/mol. The van der Waals surface area contributed by atoms with Crippen LogP contribution >= 0.6 is 0 Å². The summed E-state index contributed by atoms with van der Waals surface area (Å²) in [5.74, 6) is -4.49. The third-order valence-corrected chi connectivity index (χ3v) is 5.80. The molecule has 0 aliphatic carbocycles. The van der Waals surface area contributed by atoms with Gasteiger partial charge in [0.25, 0.3) is 11.8 Å². The second kappa shape index (κ2) is 8.97. The minimum atomic E-state index is -4.94. The first-order chi connectivity index (χ1) is 15.7. The van der Waals surface area contributed by atoms with E-state index in [4.69, 9.17) is 9.52 Å². The summed E-state index contributed by atoms with van der Waals surface area (Å²) < 4.78 is 92.3. The zero-order valence-electron chi connectivity index (χ0n) is 17.9. The molecule has 34 heavy (non-hydrogen) atoms. The summed E-state index contributed by atoms with van der Waals surface area (Å²) in [6, 6.07) is 6.89. The number of aromatic nitrogens is 2. The van der Waals surface area contributed by atoms with E-state index < -0.39 is 56.1 Å². The molecule has 0 saturated carbocycles. The van der Waals surface area contributed by atoms with E-state index in [1.54, 1.807) is 0 Å². The highest BCUT2D eigenvalue weighted by atomic mass is 32.2. The number of aryl methyl sites for hydroxylation is 1. The SMILES string of the molecule is Cc1cc(F)c(F)cc1Oc1nnc(C(F)(F)F)c(C)c1C(=O)Nc1cccc(S(C)(=N)=O)c1. The van der Waals surface area contributed by atoms with Crippen LogP contribution in [0.3, 0.4) is 0 Å². The predicted octanol–water partition coefficient (Wildman–Crippen LogP) is 5.47. The highest BCUT2D eigenvalue weighted by Crippen LogP contribution is 2.36. The van der Waals surface area contributed by atoms with Crippen LogP contribution in [-0.4, -0.2) is 26.6 Å². The number of ether oxygens (including phenoxy) is 1. The van der Waals surface area contributed by atoms with Gasteiger partial charge < -0.3 is 10.1 Å². The number of amides is 1. The third-order valence-electron chi connectivity index (χ3n) is 4.65. The molecule has 0 fully saturated rings. The summed E-state index contributed by atoms with van der Waals surface area (Å²) in [7, 11) is -3.13. The van der Waals surface area contributed by atoms with Gasteiger partial charge in [0.05, 0.1) is 9.73 Å². The minimum absolute atomic E-state index is 0.0454. The molecule has 7 nitrogen and oxygen atoms in total. The van der Waals surface area contributed by atoms with Crippen molar-refractivity contribution in [3.8, 4) is 11.6 Å². The number of nitrogens with zero attached hydrogens (tertiary/aromatic N) is 2. The molecule has 2 N–H and O–H groups in total. The van der Waals surface area contributed by atoms with Gasteiger partial charge in [0.2, 0.25) is 0 Å². The van der Waals surface area contributed by atoms with Crippen molar-refractivity contribution in [1.82, 2.24) is 10.2 Å². The first-order valence-corrected chi connectivity index (χ1v) is 11.4. The molecule has 0 aliphatic heterocycles. The molecule has 3 rings (SSSR count). The lowest BCUT2D eigenvalue weighted by atomic mass is 10.1. The molecule has 13 heteroatoms. The van der Waals surface area contributed by atoms with Gasteiger partial charge in [0.1, 0.15) is 11.3 Å². The summed E-state index contributed by atoms with van der Waals surface area (Å²) in [5.41, 5.74) is -2.58. The normalized spacial score (nSPS) is 13.3. The standard InChI is InChI=1S/C21H17F5N4O3S/c1-10-7-14(22)15(23)9-16(10)33-20-17(11(2)18(29-30-20)21(24,25)26)19(31)28-12-5-4-6-13(8-12)34(3,27)32/h4-9,27H,1-3H3,(H,28,31). The number of carbonyl (C=O) groups is 1. The zero-order valence-corrected chi connectivity index (χ0v) is 18.7. The van der Waals surface area contributed by atoms with Gasteiger partial charge in [-0.1, -0.05) is 6.07 Å². The summed E-state index contributed by atoms with van der Waals surface area (Å²) >= 11 is 0. The smallest absolute Gasteiger partial charge is 0.435 e. The maximum Gasteiger partial charge on any atom is 0.435 e. The Bertz CT molecular complexity index is 1390. The molecule has 1 unspecified atom stereocenters. The lowest BCUT2D eigenvalue weighted by Gasteiger charge is -2.17. The van der Waals surface area contributed by atoms with Crippen LogP contribution in [0.4, 0.5) is 27.6 Å². The van der Waals surface area contributed by atoms with E-state index in [9.17, 15) is 31.0 Å². The number of hydrogen-bond donors (Lipinski definition) is 2. The van der Waals surface area contributed by atoms with E-state index in [1.165, 1.54) is 31.2 Å². The first kappa shape index (κ1) is 25.0. The Kier molecular flexibility index (Phi) is 6.60. The first-order valence-electron chi connectivity index (χ1n) is 9.41. The molecule has 1 aromatic heterocycles. The number of benzene rings is 2. The predicted molar refractivity (Wildman–Crippen MR) is 112 cm³/mol. The Morgan fingerprint density at radius 1 is 1.09 bits per heavy atom. The monoisotopic (exact) mass is 500 g/mol. The fourth-order valence-corrected chi connectivity index (χ4v) is 3.65.